The van der Waals surface area contributed by atoms with Gasteiger partial charge in [0.2, 0.25) is 0 Å². The van der Waals surface area contributed by atoms with Crippen molar-refractivity contribution in [3.63, 3.8) is 0 Å². The van der Waals surface area contributed by atoms with Crippen molar-refractivity contribution in [1.29, 1.82) is 0 Å². The molecule has 0 saturated carbocycles. The van der Waals surface area contributed by atoms with Gasteiger partial charge in [-0.1, -0.05) is 36.3 Å². The van der Waals surface area contributed by atoms with Gasteiger partial charge in [0.15, 0.2) is 5.11 Å². The van der Waals surface area contributed by atoms with Crippen LogP contribution >= 0.6 is 12.2 Å². The quantitative estimate of drug-likeness (QED) is 0.356. The average molecular weight is 367 g/mol. The Hall–Kier alpha value is -2.62. The molecule has 2 aromatic rings. The van der Waals surface area contributed by atoms with Crippen molar-refractivity contribution in [1.82, 2.24) is 10.7 Å². The van der Waals surface area contributed by atoms with Gasteiger partial charge in [0.25, 0.3) is 0 Å². The Balaban J connectivity index is 1.68. The van der Waals surface area contributed by atoms with Crippen molar-refractivity contribution in [2.45, 2.75) is 18.9 Å². The van der Waals surface area contributed by atoms with Crippen LogP contribution in [0.25, 0.3) is 10.8 Å². The van der Waals surface area contributed by atoms with Crippen molar-refractivity contribution in [2.75, 3.05) is 19.8 Å². The van der Waals surface area contributed by atoms with Gasteiger partial charge in [-0.3, -0.25) is 5.43 Å². The highest BCUT2D eigenvalue weighted by Gasteiger charge is 2.15. The molecule has 134 valence electrons. The largest absolute Gasteiger partial charge is 0.480 e. The summed E-state index contributed by atoms with van der Waals surface area (Å²) in [5.74, 6) is 3.17. The van der Waals surface area contributed by atoms with Crippen molar-refractivity contribution in [3.8, 4) is 18.1 Å². The summed E-state index contributed by atoms with van der Waals surface area (Å²) >= 11 is 5.25. The van der Waals surface area contributed by atoms with Crippen LogP contribution in [0.15, 0.2) is 41.5 Å². The maximum atomic E-state index is 5.65. The Bertz CT molecular complexity index is 839. The predicted octanol–water partition coefficient (Wildman–Crippen LogP) is 2.83. The molecule has 0 unspecified atom stereocenters. The number of nitrogens with one attached hydrogen (secondary N) is 2. The van der Waals surface area contributed by atoms with E-state index < -0.39 is 0 Å². The summed E-state index contributed by atoms with van der Waals surface area (Å²) in [5.41, 5.74) is 3.70. The number of nitrogens with zero attached hydrogens (tertiary/aromatic N) is 1. The number of fused-ring (bicyclic) bond motifs is 1. The maximum Gasteiger partial charge on any atom is 0.187 e. The molecule has 6 heteroatoms. The molecule has 1 aliphatic rings. The first kappa shape index (κ1) is 18.2. The number of ether oxygens (including phenoxy) is 2. The van der Waals surface area contributed by atoms with Crippen LogP contribution in [0, 0.1) is 12.3 Å². The Kier molecular flexibility index (Phi) is 6.42. The number of benzene rings is 2. The van der Waals surface area contributed by atoms with Gasteiger partial charge in [0.05, 0.1) is 12.3 Å². The second-order valence-electron chi connectivity index (χ2n) is 5.91. The van der Waals surface area contributed by atoms with Gasteiger partial charge in [0, 0.05) is 18.7 Å². The smallest absolute Gasteiger partial charge is 0.187 e. The SMILES string of the molecule is C#CCOc1ccc2ccccc2c1/C=N\NC(=S)NC[C@@H]1CCCO1. The second-order valence-corrected chi connectivity index (χ2v) is 6.31. The highest BCUT2D eigenvalue weighted by Crippen LogP contribution is 2.26. The zero-order chi connectivity index (χ0) is 18.2. The second kappa shape index (κ2) is 9.18. The van der Waals surface area contributed by atoms with Gasteiger partial charge >= 0.3 is 0 Å². The molecule has 2 aromatic carbocycles. The van der Waals surface area contributed by atoms with Crippen LogP contribution in [0.3, 0.4) is 0 Å². The van der Waals surface area contributed by atoms with E-state index >= 15 is 0 Å². The minimum absolute atomic E-state index is 0.202. The predicted molar refractivity (Wildman–Crippen MR) is 109 cm³/mol. The first-order valence-electron chi connectivity index (χ1n) is 8.54. The highest BCUT2D eigenvalue weighted by molar-refractivity contribution is 7.80. The van der Waals surface area contributed by atoms with Crippen LogP contribution in [-0.2, 0) is 4.74 Å². The number of hydrazone groups is 1. The molecule has 0 spiro atoms. The molecule has 0 aromatic heterocycles. The van der Waals surface area contributed by atoms with E-state index in [0.717, 1.165) is 35.8 Å². The summed E-state index contributed by atoms with van der Waals surface area (Å²) in [7, 11) is 0. The van der Waals surface area contributed by atoms with E-state index in [9.17, 15) is 0 Å². The van der Waals surface area contributed by atoms with E-state index in [-0.39, 0.29) is 12.7 Å². The summed E-state index contributed by atoms with van der Waals surface area (Å²) in [5, 5.41) is 9.97. The molecule has 1 fully saturated rings. The summed E-state index contributed by atoms with van der Waals surface area (Å²) in [4.78, 5) is 0. The van der Waals surface area contributed by atoms with E-state index in [1.54, 1.807) is 6.21 Å². The van der Waals surface area contributed by atoms with E-state index in [0.29, 0.717) is 17.4 Å². The van der Waals surface area contributed by atoms with Gasteiger partial charge < -0.3 is 14.8 Å². The number of rotatable bonds is 6. The van der Waals surface area contributed by atoms with E-state index in [1.807, 2.05) is 36.4 Å². The average Bonchev–Trinajstić information content (AvgIpc) is 3.19. The first-order valence-corrected chi connectivity index (χ1v) is 8.95. The summed E-state index contributed by atoms with van der Waals surface area (Å²) in [6.07, 6.45) is 9.40. The van der Waals surface area contributed by atoms with Crippen molar-refractivity contribution < 1.29 is 9.47 Å². The third-order valence-electron chi connectivity index (χ3n) is 4.12. The number of thiocarbonyl (C=S) groups is 1. The lowest BCUT2D eigenvalue weighted by Gasteiger charge is -2.12. The van der Waals surface area contributed by atoms with Gasteiger partial charge in [0.1, 0.15) is 12.4 Å². The molecular formula is C20H21N3O2S. The lowest BCUT2D eigenvalue weighted by molar-refractivity contribution is 0.114. The van der Waals surface area contributed by atoms with Gasteiger partial charge in [-0.05, 0) is 41.9 Å². The lowest BCUT2D eigenvalue weighted by atomic mass is 10.0. The third-order valence-corrected chi connectivity index (χ3v) is 4.35. The molecule has 1 atom stereocenters. The van der Waals surface area contributed by atoms with Gasteiger partial charge in [-0.2, -0.15) is 5.10 Å². The van der Waals surface area contributed by atoms with Crippen molar-refractivity contribution >= 4 is 34.3 Å². The Labute approximate surface area is 158 Å². The van der Waals surface area contributed by atoms with E-state index in [2.05, 4.69) is 21.8 Å². The molecule has 1 aliphatic heterocycles. The van der Waals surface area contributed by atoms with Crippen LogP contribution in [0.2, 0.25) is 0 Å². The molecule has 26 heavy (non-hydrogen) atoms. The molecule has 5 nitrogen and oxygen atoms in total. The molecule has 0 radical (unpaired) electrons. The van der Waals surface area contributed by atoms with Crippen LogP contribution in [0.4, 0.5) is 0 Å². The van der Waals surface area contributed by atoms with Crippen LogP contribution < -0.4 is 15.5 Å². The molecule has 2 N–H and O–H groups in total. The first-order chi connectivity index (χ1) is 12.8. The van der Waals surface area contributed by atoms with Crippen molar-refractivity contribution in [2.24, 2.45) is 5.10 Å². The summed E-state index contributed by atoms with van der Waals surface area (Å²) in [6, 6.07) is 11.9. The molecule has 1 saturated heterocycles. The Morgan fingerprint density at radius 1 is 1.38 bits per heavy atom. The van der Waals surface area contributed by atoms with Crippen LogP contribution in [-0.4, -0.2) is 37.2 Å². The minimum Gasteiger partial charge on any atom is -0.480 e. The van der Waals surface area contributed by atoms with Gasteiger partial charge in [-0.15, -0.1) is 6.42 Å². The Morgan fingerprint density at radius 3 is 3.08 bits per heavy atom. The molecule has 0 bridgehead atoms. The third kappa shape index (κ3) is 4.72. The maximum absolute atomic E-state index is 5.65. The molecule has 3 rings (SSSR count). The monoisotopic (exact) mass is 367 g/mol. The highest BCUT2D eigenvalue weighted by atomic mass is 32.1. The fraction of sp³-hybridized carbons (Fsp3) is 0.300. The molecular weight excluding hydrogens is 346 g/mol. The van der Waals surface area contributed by atoms with Crippen molar-refractivity contribution in [3.05, 3.63) is 42.0 Å². The molecule has 0 amide bonds. The lowest BCUT2D eigenvalue weighted by Crippen LogP contribution is -2.37. The summed E-state index contributed by atoms with van der Waals surface area (Å²) < 4.78 is 11.2. The van der Waals surface area contributed by atoms with Gasteiger partial charge in [-0.25, -0.2) is 0 Å². The van der Waals surface area contributed by atoms with E-state index in [1.165, 1.54) is 0 Å². The minimum atomic E-state index is 0.202. The van der Waals surface area contributed by atoms with Crippen LogP contribution in [0.1, 0.15) is 18.4 Å². The number of terminal acetylenes is 1. The fourth-order valence-electron chi connectivity index (χ4n) is 2.86. The fourth-order valence-corrected chi connectivity index (χ4v) is 3.00. The standard InChI is InChI=1S/C20H21N3O2S/c1-2-11-25-19-10-9-15-6-3-4-8-17(15)18(19)14-22-23-20(26)21-13-16-7-5-12-24-16/h1,3-4,6,8-10,14,16H,5,7,11-13H2,(H2,21,23,26)/b22-14-/t16-/m0/s1. The zero-order valence-electron chi connectivity index (χ0n) is 14.4. The molecule has 0 aliphatic carbocycles. The number of hydrogen-bond donors (Lipinski definition) is 2. The molecule has 1 heterocycles. The summed E-state index contributed by atoms with van der Waals surface area (Å²) in [6.45, 7) is 1.71. The normalized spacial score (nSPS) is 16.5. The number of hydrogen-bond acceptors (Lipinski definition) is 4. The topological polar surface area (TPSA) is 54.9 Å². The van der Waals surface area contributed by atoms with E-state index in [4.69, 9.17) is 28.1 Å². The Morgan fingerprint density at radius 2 is 2.27 bits per heavy atom. The van der Waals surface area contributed by atoms with Crippen LogP contribution in [0.5, 0.6) is 5.75 Å². The zero-order valence-corrected chi connectivity index (χ0v) is 15.2.